The Balaban J connectivity index is 3.18. The summed E-state index contributed by atoms with van der Waals surface area (Å²) in [6, 6.07) is 4.67. The second-order valence-corrected chi connectivity index (χ2v) is 3.69. The van der Waals surface area contributed by atoms with Crippen molar-refractivity contribution in [1.82, 2.24) is 0 Å². The van der Waals surface area contributed by atoms with Crippen LogP contribution in [0.5, 0.6) is 0 Å². The van der Waals surface area contributed by atoms with Gasteiger partial charge in [0.15, 0.2) is 0 Å². The molecule has 0 heterocycles. The number of amides is 1. The van der Waals surface area contributed by atoms with Crippen LogP contribution in [0.3, 0.4) is 0 Å². The van der Waals surface area contributed by atoms with Gasteiger partial charge in [-0.05, 0) is 29.8 Å². The lowest BCUT2D eigenvalue weighted by Crippen LogP contribution is -2.06. The first-order valence-electron chi connectivity index (χ1n) is 4.01. The van der Waals surface area contributed by atoms with Crippen molar-refractivity contribution in [3.05, 3.63) is 39.9 Å². The number of rotatable bonds is 3. The number of carbonyl (C=O) groups excluding carboxylic acids is 1. The maximum absolute atomic E-state index is 10.8. The summed E-state index contributed by atoms with van der Waals surface area (Å²) in [5.41, 5.74) is 5.47. The highest BCUT2D eigenvalue weighted by Crippen LogP contribution is 2.18. The number of carboxylic acid groups (broad SMARTS) is 1. The molecule has 0 fully saturated rings. The molecule has 0 spiro atoms. The fourth-order valence-electron chi connectivity index (χ4n) is 1.04. The molecule has 1 amide bonds. The third-order valence-electron chi connectivity index (χ3n) is 1.67. The van der Waals surface area contributed by atoms with Gasteiger partial charge in [0, 0.05) is 10.5 Å². The van der Waals surface area contributed by atoms with Gasteiger partial charge in [0.25, 0.3) is 0 Å². The monoisotopic (exact) mass is 269 g/mol. The van der Waals surface area contributed by atoms with E-state index in [4.69, 9.17) is 10.8 Å². The third-order valence-corrected chi connectivity index (χ3v) is 2.16. The average molecular weight is 270 g/mol. The molecule has 78 valence electrons. The number of carbonyl (C=O) groups is 2. The van der Waals surface area contributed by atoms with Crippen LogP contribution in [-0.2, 0) is 4.79 Å². The van der Waals surface area contributed by atoms with E-state index in [-0.39, 0.29) is 5.56 Å². The standard InChI is InChI=1S/C10H8BrNO3/c11-7-2-3-8(10(14)15)6(5-7)1-4-9(12)13/h1-5H,(H2,12,13)(H,14,15). The smallest absolute Gasteiger partial charge is 0.336 e. The molecule has 0 radical (unpaired) electrons. The Bertz CT molecular complexity index is 440. The van der Waals surface area contributed by atoms with Crippen molar-refractivity contribution < 1.29 is 14.7 Å². The number of benzene rings is 1. The Labute approximate surface area is 94.5 Å². The zero-order valence-electron chi connectivity index (χ0n) is 7.61. The Morgan fingerprint density at radius 2 is 2.07 bits per heavy atom. The minimum absolute atomic E-state index is 0.121. The summed E-state index contributed by atoms with van der Waals surface area (Å²) in [6.07, 6.45) is 2.49. The number of aromatic carboxylic acids is 1. The van der Waals surface area contributed by atoms with Crippen molar-refractivity contribution >= 4 is 33.9 Å². The van der Waals surface area contributed by atoms with Crippen molar-refractivity contribution in [3.8, 4) is 0 Å². The van der Waals surface area contributed by atoms with Gasteiger partial charge in [-0.3, -0.25) is 4.79 Å². The van der Waals surface area contributed by atoms with E-state index in [0.29, 0.717) is 5.56 Å². The lowest BCUT2D eigenvalue weighted by Gasteiger charge is -2.01. The molecule has 5 heteroatoms. The SMILES string of the molecule is NC(=O)C=Cc1cc(Br)ccc1C(=O)O. The minimum Gasteiger partial charge on any atom is -0.478 e. The predicted octanol–water partition coefficient (Wildman–Crippen LogP) is 1.65. The molecule has 0 unspecified atom stereocenters. The number of halogens is 1. The number of nitrogens with two attached hydrogens (primary N) is 1. The van der Waals surface area contributed by atoms with Gasteiger partial charge in [0.1, 0.15) is 0 Å². The summed E-state index contributed by atoms with van der Waals surface area (Å²) in [5.74, 6) is -1.67. The number of carboxylic acids is 1. The van der Waals surface area contributed by atoms with Crippen LogP contribution in [0.4, 0.5) is 0 Å². The molecule has 0 saturated heterocycles. The van der Waals surface area contributed by atoms with Crippen LogP contribution < -0.4 is 5.73 Å². The van der Waals surface area contributed by atoms with E-state index in [1.807, 2.05) is 0 Å². The zero-order valence-corrected chi connectivity index (χ0v) is 9.19. The van der Waals surface area contributed by atoms with Crippen molar-refractivity contribution in [2.24, 2.45) is 5.73 Å². The third kappa shape index (κ3) is 3.21. The van der Waals surface area contributed by atoms with Crippen molar-refractivity contribution in [2.75, 3.05) is 0 Å². The second kappa shape index (κ2) is 4.75. The highest BCUT2D eigenvalue weighted by atomic mass is 79.9. The first-order valence-corrected chi connectivity index (χ1v) is 4.80. The van der Waals surface area contributed by atoms with Gasteiger partial charge in [-0.15, -0.1) is 0 Å². The molecule has 0 aliphatic heterocycles. The van der Waals surface area contributed by atoms with Gasteiger partial charge < -0.3 is 10.8 Å². The summed E-state index contributed by atoms with van der Waals surface area (Å²) in [5, 5.41) is 8.86. The Morgan fingerprint density at radius 3 is 2.60 bits per heavy atom. The molecule has 4 nitrogen and oxygen atoms in total. The fourth-order valence-corrected chi connectivity index (χ4v) is 1.42. The zero-order chi connectivity index (χ0) is 11.4. The van der Waals surface area contributed by atoms with E-state index in [2.05, 4.69) is 15.9 Å². The molecule has 3 N–H and O–H groups in total. The topological polar surface area (TPSA) is 80.4 Å². The molecule has 0 aromatic heterocycles. The lowest BCUT2D eigenvalue weighted by atomic mass is 10.1. The molecule has 0 aliphatic rings. The van der Waals surface area contributed by atoms with Crippen molar-refractivity contribution in [2.45, 2.75) is 0 Å². The van der Waals surface area contributed by atoms with E-state index in [9.17, 15) is 9.59 Å². The van der Waals surface area contributed by atoms with Crippen LogP contribution >= 0.6 is 15.9 Å². The van der Waals surface area contributed by atoms with Gasteiger partial charge in [-0.2, -0.15) is 0 Å². The van der Waals surface area contributed by atoms with Gasteiger partial charge >= 0.3 is 5.97 Å². The Morgan fingerprint density at radius 1 is 1.40 bits per heavy atom. The van der Waals surface area contributed by atoms with E-state index in [1.54, 1.807) is 12.1 Å². The van der Waals surface area contributed by atoms with Gasteiger partial charge in [-0.25, -0.2) is 4.79 Å². The normalized spacial score (nSPS) is 10.5. The predicted molar refractivity (Wildman–Crippen MR) is 59.3 cm³/mol. The van der Waals surface area contributed by atoms with E-state index < -0.39 is 11.9 Å². The average Bonchev–Trinajstić information content (AvgIpc) is 2.14. The second-order valence-electron chi connectivity index (χ2n) is 2.77. The quantitative estimate of drug-likeness (QED) is 0.819. The molecule has 0 saturated carbocycles. The molecule has 0 atom stereocenters. The van der Waals surface area contributed by atoms with E-state index in [1.165, 1.54) is 12.1 Å². The highest BCUT2D eigenvalue weighted by Gasteiger charge is 2.07. The van der Waals surface area contributed by atoms with Crippen LogP contribution in [0.2, 0.25) is 0 Å². The molecule has 0 bridgehead atoms. The van der Waals surface area contributed by atoms with Crippen molar-refractivity contribution in [1.29, 1.82) is 0 Å². The Kier molecular flexibility index (Phi) is 3.62. The molecule has 0 aliphatic carbocycles. The van der Waals surface area contributed by atoms with E-state index in [0.717, 1.165) is 10.5 Å². The number of hydrogen-bond donors (Lipinski definition) is 2. The summed E-state index contributed by atoms with van der Waals surface area (Å²) in [6.45, 7) is 0. The lowest BCUT2D eigenvalue weighted by molar-refractivity contribution is -0.113. The van der Waals surface area contributed by atoms with Crippen LogP contribution in [0.1, 0.15) is 15.9 Å². The largest absolute Gasteiger partial charge is 0.478 e. The van der Waals surface area contributed by atoms with Crippen LogP contribution in [0.25, 0.3) is 6.08 Å². The summed E-state index contributed by atoms with van der Waals surface area (Å²) in [4.78, 5) is 21.3. The maximum atomic E-state index is 10.8. The van der Waals surface area contributed by atoms with Crippen LogP contribution in [0.15, 0.2) is 28.7 Å². The summed E-state index contributed by atoms with van der Waals surface area (Å²) < 4.78 is 0.733. The van der Waals surface area contributed by atoms with Gasteiger partial charge in [0.2, 0.25) is 5.91 Å². The molecule has 1 aromatic carbocycles. The first-order chi connectivity index (χ1) is 7.00. The van der Waals surface area contributed by atoms with E-state index >= 15 is 0 Å². The molecular weight excluding hydrogens is 262 g/mol. The van der Waals surface area contributed by atoms with Crippen molar-refractivity contribution in [3.63, 3.8) is 0 Å². The highest BCUT2D eigenvalue weighted by molar-refractivity contribution is 9.10. The first kappa shape index (κ1) is 11.5. The Hall–Kier alpha value is -1.62. The fraction of sp³-hybridized carbons (Fsp3) is 0. The van der Waals surface area contributed by atoms with Crippen LogP contribution in [0, 0.1) is 0 Å². The van der Waals surface area contributed by atoms with Crippen LogP contribution in [-0.4, -0.2) is 17.0 Å². The molecule has 15 heavy (non-hydrogen) atoms. The number of hydrogen-bond acceptors (Lipinski definition) is 2. The number of primary amides is 1. The summed E-state index contributed by atoms with van der Waals surface area (Å²) >= 11 is 3.21. The molecular formula is C10H8BrNO3. The molecule has 1 rings (SSSR count). The molecule has 1 aromatic rings. The minimum atomic E-state index is -1.05. The summed E-state index contributed by atoms with van der Waals surface area (Å²) in [7, 11) is 0. The van der Waals surface area contributed by atoms with Gasteiger partial charge in [0.05, 0.1) is 5.56 Å². The van der Waals surface area contributed by atoms with Gasteiger partial charge in [-0.1, -0.05) is 15.9 Å². The maximum Gasteiger partial charge on any atom is 0.336 e.